The molecule has 0 aliphatic heterocycles. The van der Waals surface area contributed by atoms with Gasteiger partial charge in [0.1, 0.15) is 0 Å². The van der Waals surface area contributed by atoms with Crippen LogP contribution in [0.1, 0.15) is 54.8 Å². The van der Waals surface area contributed by atoms with Crippen LogP contribution in [-0.4, -0.2) is 10.8 Å². The van der Waals surface area contributed by atoms with Gasteiger partial charge < -0.3 is 4.57 Å². The second kappa shape index (κ2) is 7.74. The van der Waals surface area contributed by atoms with E-state index in [1.165, 1.54) is 33.8 Å². The molecular weight excluding hydrogens is 316 g/mol. The number of hydrogen-bond acceptors (Lipinski definition) is 1. The summed E-state index contributed by atoms with van der Waals surface area (Å²) in [5.74, 6) is 0.465. The summed E-state index contributed by atoms with van der Waals surface area (Å²) in [5.41, 5.74) is 8.62. The number of aryl methyl sites for hydroxylation is 2. The molecule has 3 rings (SSSR count). The summed E-state index contributed by atoms with van der Waals surface area (Å²) in [6.45, 7) is 11.0. The van der Waals surface area contributed by atoms with Gasteiger partial charge in [-0.15, -0.1) is 0 Å². The Morgan fingerprint density at radius 2 is 1.69 bits per heavy atom. The maximum absolute atomic E-state index is 4.81. The zero-order chi connectivity index (χ0) is 18.7. The molecule has 0 saturated carbocycles. The van der Waals surface area contributed by atoms with Gasteiger partial charge >= 0.3 is 0 Å². The number of aromatic nitrogens is 1. The lowest BCUT2D eigenvalue weighted by atomic mass is 10.0. The van der Waals surface area contributed by atoms with E-state index in [0.29, 0.717) is 5.92 Å². The van der Waals surface area contributed by atoms with Crippen LogP contribution >= 0.6 is 0 Å². The van der Waals surface area contributed by atoms with Gasteiger partial charge in [0.05, 0.1) is 5.69 Å². The van der Waals surface area contributed by atoms with Crippen molar-refractivity contribution in [3.8, 4) is 5.69 Å². The molecule has 0 atom stereocenters. The molecule has 0 N–H and O–H groups in total. The van der Waals surface area contributed by atoms with Crippen molar-refractivity contribution in [1.29, 1.82) is 0 Å². The molecule has 1 aromatic heterocycles. The highest BCUT2D eigenvalue weighted by Gasteiger charge is 2.12. The van der Waals surface area contributed by atoms with Crippen LogP contribution in [-0.2, 0) is 6.42 Å². The van der Waals surface area contributed by atoms with Crippen molar-refractivity contribution in [2.75, 3.05) is 0 Å². The predicted octanol–water partition coefficient (Wildman–Crippen LogP) is 6.53. The van der Waals surface area contributed by atoms with Crippen LogP contribution in [0.2, 0.25) is 0 Å². The van der Waals surface area contributed by atoms with E-state index in [1.807, 2.05) is 6.21 Å². The van der Waals surface area contributed by atoms with Crippen LogP contribution in [0.5, 0.6) is 0 Å². The number of benzene rings is 2. The minimum Gasteiger partial charge on any atom is -0.318 e. The Hall–Kier alpha value is -2.61. The molecule has 0 fully saturated rings. The average Bonchev–Trinajstić information content (AvgIpc) is 2.93. The third-order valence-corrected chi connectivity index (χ3v) is 4.99. The van der Waals surface area contributed by atoms with Crippen LogP contribution in [0.25, 0.3) is 5.69 Å². The van der Waals surface area contributed by atoms with Gasteiger partial charge in [0, 0.05) is 28.9 Å². The van der Waals surface area contributed by atoms with Gasteiger partial charge in [-0.05, 0) is 55.5 Å². The van der Waals surface area contributed by atoms with E-state index in [1.54, 1.807) is 0 Å². The number of aliphatic imine (C=N–C) groups is 1. The Morgan fingerprint density at radius 1 is 1.00 bits per heavy atom. The number of hydrogen-bond donors (Lipinski definition) is 0. The van der Waals surface area contributed by atoms with Crippen molar-refractivity contribution in [2.24, 2.45) is 4.99 Å². The van der Waals surface area contributed by atoms with Crippen LogP contribution in [0.4, 0.5) is 5.69 Å². The van der Waals surface area contributed by atoms with Gasteiger partial charge in [-0.25, -0.2) is 0 Å². The van der Waals surface area contributed by atoms with E-state index in [4.69, 9.17) is 4.99 Å². The van der Waals surface area contributed by atoms with Gasteiger partial charge in [-0.3, -0.25) is 4.99 Å². The fourth-order valence-electron chi connectivity index (χ4n) is 3.55. The van der Waals surface area contributed by atoms with Crippen LogP contribution < -0.4 is 0 Å². The van der Waals surface area contributed by atoms with E-state index in [-0.39, 0.29) is 0 Å². The Kier molecular flexibility index (Phi) is 5.41. The lowest BCUT2D eigenvalue weighted by molar-refractivity contribution is 0.867. The molecule has 0 saturated heterocycles. The maximum Gasteiger partial charge on any atom is 0.0664 e. The molecule has 2 nitrogen and oxygen atoms in total. The van der Waals surface area contributed by atoms with Gasteiger partial charge in [0.25, 0.3) is 0 Å². The van der Waals surface area contributed by atoms with E-state index in [9.17, 15) is 0 Å². The van der Waals surface area contributed by atoms with E-state index in [0.717, 1.165) is 12.1 Å². The SMILES string of the molecule is CCc1ccccc1-n1c(C)cc(C=Nc2ccccc2C(C)C)c1C. The van der Waals surface area contributed by atoms with Crippen molar-refractivity contribution in [1.82, 2.24) is 4.57 Å². The molecule has 0 aliphatic rings. The predicted molar refractivity (Wildman–Crippen MR) is 112 cm³/mol. The second-order valence-corrected chi connectivity index (χ2v) is 7.12. The molecule has 26 heavy (non-hydrogen) atoms. The third kappa shape index (κ3) is 3.50. The zero-order valence-corrected chi connectivity index (χ0v) is 16.5. The van der Waals surface area contributed by atoms with E-state index >= 15 is 0 Å². The van der Waals surface area contributed by atoms with Gasteiger partial charge in [0.2, 0.25) is 0 Å². The number of para-hydroxylation sites is 2. The molecule has 3 aromatic rings. The minimum absolute atomic E-state index is 0.465. The first-order valence-electron chi connectivity index (χ1n) is 9.43. The summed E-state index contributed by atoms with van der Waals surface area (Å²) in [4.78, 5) is 4.81. The molecule has 134 valence electrons. The van der Waals surface area contributed by atoms with E-state index in [2.05, 4.69) is 93.8 Å². The number of rotatable bonds is 5. The molecule has 0 spiro atoms. The Labute approximate surface area is 157 Å². The largest absolute Gasteiger partial charge is 0.318 e. The van der Waals surface area contributed by atoms with Crippen molar-refractivity contribution >= 4 is 11.9 Å². The molecule has 0 radical (unpaired) electrons. The number of nitrogens with zero attached hydrogens (tertiary/aromatic N) is 2. The monoisotopic (exact) mass is 344 g/mol. The van der Waals surface area contributed by atoms with Crippen LogP contribution in [0.3, 0.4) is 0 Å². The Morgan fingerprint density at radius 3 is 2.42 bits per heavy atom. The molecule has 0 bridgehead atoms. The van der Waals surface area contributed by atoms with Crippen LogP contribution in [0.15, 0.2) is 59.6 Å². The zero-order valence-electron chi connectivity index (χ0n) is 16.5. The highest BCUT2D eigenvalue weighted by Crippen LogP contribution is 2.27. The summed E-state index contributed by atoms with van der Waals surface area (Å²) >= 11 is 0. The summed E-state index contributed by atoms with van der Waals surface area (Å²) in [5, 5.41) is 0. The van der Waals surface area contributed by atoms with Gasteiger partial charge in [0.15, 0.2) is 0 Å². The summed E-state index contributed by atoms with van der Waals surface area (Å²) in [6.07, 6.45) is 3.03. The molecule has 2 aromatic carbocycles. The highest BCUT2D eigenvalue weighted by molar-refractivity contribution is 5.84. The topological polar surface area (TPSA) is 17.3 Å². The molecule has 0 unspecified atom stereocenters. The first-order chi connectivity index (χ1) is 12.5. The normalized spacial score (nSPS) is 11.6. The fourth-order valence-corrected chi connectivity index (χ4v) is 3.55. The maximum atomic E-state index is 4.81. The molecule has 1 heterocycles. The smallest absolute Gasteiger partial charge is 0.0664 e. The lowest BCUT2D eigenvalue weighted by Gasteiger charge is -2.13. The quantitative estimate of drug-likeness (QED) is 0.468. The molecular formula is C24H28N2. The van der Waals surface area contributed by atoms with E-state index < -0.39 is 0 Å². The lowest BCUT2D eigenvalue weighted by Crippen LogP contribution is -2.03. The molecule has 2 heteroatoms. The van der Waals surface area contributed by atoms with Gasteiger partial charge in [-0.1, -0.05) is 57.2 Å². The minimum atomic E-state index is 0.465. The Balaban J connectivity index is 2.02. The van der Waals surface area contributed by atoms with Crippen molar-refractivity contribution in [3.63, 3.8) is 0 Å². The average molecular weight is 345 g/mol. The third-order valence-electron chi connectivity index (χ3n) is 4.99. The fraction of sp³-hybridized carbons (Fsp3) is 0.292. The van der Waals surface area contributed by atoms with Crippen LogP contribution in [0, 0.1) is 13.8 Å². The summed E-state index contributed by atoms with van der Waals surface area (Å²) in [6, 6.07) is 19.3. The Bertz CT molecular complexity index is 929. The highest BCUT2D eigenvalue weighted by atomic mass is 15.0. The van der Waals surface area contributed by atoms with Crippen molar-refractivity contribution in [2.45, 2.75) is 47.0 Å². The van der Waals surface area contributed by atoms with Crippen molar-refractivity contribution in [3.05, 3.63) is 82.7 Å². The second-order valence-electron chi connectivity index (χ2n) is 7.12. The first kappa shape index (κ1) is 18.2. The summed E-state index contributed by atoms with van der Waals surface area (Å²) in [7, 11) is 0. The molecule has 0 aliphatic carbocycles. The first-order valence-corrected chi connectivity index (χ1v) is 9.43. The standard InChI is InChI=1S/C24H28N2/c1-6-20-11-7-10-14-24(20)26-18(4)15-21(19(26)5)16-25-23-13-9-8-12-22(23)17(2)3/h7-17H,6H2,1-5H3. The summed E-state index contributed by atoms with van der Waals surface area (Å²) < 4.78 is 2.34. The van der Waals surface area contributed by atoms with Gasteiger partial charge in [-0.2, -0.15) is 0 Å². The van der Waals surface area contributed by atoms with Crippen molar-refractivity contribution < 1.29 is 0 Å². The molecule has 0 amide bonds.